The zero-order chi connectivity index (χ0) is 24.3. The van der Waals surface area contributed by atoms with Gasteiger partial charge in [-0.2, -0.15) is 13.2 Å². The first-order valence-corrected chi connectivity index (χ1v) is 11.7. The maximum atomic E-state index is 13.1. The standard InChI is InChI=1S/C23H30F4N4O3/c24-17-1-3-19(4-2-17)30-13-11-29(12-14-30)8-5-18-15-22(20(32)28-18)6-9-31(10-7-22)21(33)34-16-23(25,26)27/h1-4,18H,5-16H2,(H,28,32)/t18-/m0/s1. The van der Waals surface area contributed by atoms with Crippen LogP contribution < -0.4 is 10.2 Å². The largest absolute Gasteiger partial charge is 0.440 e. The molecule has 1 aromatic rings. The maximum absolute atomic E-state index is 13.1. The number of benzene rings is 1. The van der Waals surface area contributed by atoms with E-state index in [-0.39, 0.29) is 30.9 Å². The van der Waals surface area contributed by atoms with Crippen LogP contribution in [0.5, 0.6) is 0 Å². The van der Waals surface area contributed by atoms with Crippen molar-refractivity contribution >= 4 is 17.7 Å². The fourth-order valence-corrected chi connectivity index (χ4v) is 5.13. The van der Waals surface area contributed by atoms with Crippen molar-refractivity contribution in [3.05, 3.63) is 30.1 Å². The van der Waals surface area contributed by atoms with E-state index in [9.17, 15) is 27.2 Å². The summed E-state index contributed by atoms with van der Waals surface area (Å²) in [7, 11) is 0. The predicted octanol–water partition coefficient (Wildman–Crippen LogP) is 3.01. The molecular formula is C23H30F4N4O3. The van der Waals surface area contributed by atoms with Crippen molar-refractivity contribution in [1.29, 1.82) is 0 Å². The number of likely N-dealkylation sites (tertiary alicyclic amines) is 1. The number of nitrogens with zero attached hydrogens (tertiary/aromatic N) is 3. The van der Waals surface area contributed by atoms with Gasteiger partial charge in [0.05, 0.1) is 5.41 Å². The van der Waals surface area contributed by atoms with Gasteiger partial charge in [-0.25, -0.2) is 9.18 Å². The number of hydrogen-bond acceptors (Lipinski definition) is 5. The molecule has 3 aliphatic rings. The Morgan fingerprint density at radius 1 is 1.06 bits per heavy atom. The van der Waals surface area contributed by atoms with E-state index in [1.54, 1.807) is 12.1 Å². The van der Waals surface area contributed by atoms with Gasteiger partial charge < -0.3 is 19.9 Å². The number of piperidine rings is 1. The molecule has 0 unspecified atom stereocenters. The van der Waals surface area contributed by atoms with Gasteiger partial charge in [0.25, 0.3) is 0 Å². The fraction of sp³-hybridized carbons (Fsp3) is 0.652. The van der Waals surface area contributed by atoms with E-state index in [0.29, 0.717) is 19.3 Å². The Morgan fingerprint density at radius 2 is 1.71 bits per heavy atom. The molecule has 1 spiro atoms. The second kappa shape index (κ2) is 9.97. The minimum atomic E-state index is -4.56. The first-order valence-electron chi connectivity index (χ1n) is 11.7. The van der Waals surface area contributed by atoms with Crippen LogP contribution in [0.25, 0.3) is 0 Å². The number of hydrogen-bond donors (Lipinski definition) is 1. The van der Waals surface area contributed by atoms with Crippen LogP contribution in [0.1, 0.15) is 25.7 Å². The number of ether oxygens (including phenoxy) is 1. The highest BCUT2D eigenvalue weighted by Gasteiger charge is 2.49. The molecule has 7 nitrogen and oxygen atoms in total. The van der Waals surface area contributed by atoms with Crippen LogP contribution in [0.3, 0.4) is 0 Å². The molecule has 1 atom stereocenters. The van der Waals surface area contributed by atoms with Crippen LogP contribution in [0, 0.1) is 11.2 Å². The van der Waals surface area contributed by atoms with E-state index in [4.69, 9.17) is 0 Å². The lowest BCUT2D eigenvalue weighted by Crippen LogP contribution is -2.47. The number of piperazine rings is 1. The van der Waals surface area contributed by atoms with Crippen molar-refractivity contribution < 1.29 is 31.9 Å². The Bertz CT molecular complexity index is 864. The molecule has 3 aliphatic heterocycles. The molecule has 4 rings (SSSR count). The summed E-state index contributed by atoms with van der Waals surface area (Å²) in [5.41, 5.74) is 0.451. The lowest BCUT2D eigenvalue weighted by atomic mass is 9.76. The van der Waals surface area contributed by atoms with Gasteiger partial charge in [0, 0.05) is 57.5 Å². The number of carbonyl (C=O) groups is 2. The van der Waals surface area contributed by atoms with E-state index in [1.807, 2.05) is 0 Å². The van der Waals surface area contributed by atoms with E-state index < -0.39 is 24.3 Å². The topological polar surface area (TPSA) is 65.1 Å². The summed E-state index contributed by atoms with van der Waals surface area (Å²) < 4.78 is 54.3. The lowest BCUT2D eigenvalue weighted by Gasteiger charge is -2.37. The number of alkyl halides is 3. The number of carbonyl (C=O) groups excluding carboxylic acids is 2. The van der Waals surface area contributed by atoms with Crippen molar-refractivity contribution in [2.24, 2.45) is 5.41 Å². The van der Waals surface area contributed by atoms with Gasteiger partial charge >= 0.3 is 12.3 Å². The molecule has 1 N–H and O–H groups in total. The highest BCUT2D eigenvalue weighted by molar-refractivity contribution is 5.85. The molecular weight excluding hydrogens is 456 g/mol. The first kappa shape index (κ1) is 24.6. The van der Waals surface area contributed by atoms with Gasteiger partial charge in [-0.1, -0.05) is 0 Å². The van der Waals surface area contributed by atoms with Crippen LogP contribution in [0.2, 0.25) is 0 Å². The van der Waals surface area contributed by atoms with Crippen molar-refractivity contribution in [2.75, 3.05) is 57.3 Å². The van der Waals surface area contributed by atoms with Gasteiger partial charge in [-0.05, 0) is 49.9 Å². The quantitative estimate of drug-likeness (QED) is 0.649. The van der Waals surface area contributed by atoms with Gasteiger partial charge in [-0.3, -0.25) is 9.69 Å². The molecule has 0 aromatic heterocycles. The minimum Gasteiger partial charge on any atom is -0.440 e. The van der Waals surface area contributed by atoms with E-state index in [0.717, 1.165) is 44.8 Å². The smallest absolute Gasteiger partial charge is 0.422 e. The highest BCUT2D eigenvalue weighted by atomic mass is 19.4. The summed E-state index contributed by atoms with van der Waals surface area (Å²) in [4.78, 5) is 30.4. The van der Waals surface area contributed by atoms with Crippen LogP contribution in [0.15, 0.2) is 24.3 Å². The van der Waals surface area contributed by atoms with Crippen molar-refractivity contribution in [3.63, 3.8) is 0 Å². The number of amides is 2. The van der Waals surface area contributed by atoms with E-state index >= 15 is 0 Å². The summed E-state index contributed by atoms with van der Waals surface area (Å²) in [5.74, 6) is -0.271. The normalized spacial score (nSPS) is 23.3. The van der Waals surface area contributed by atoms with Crippen molar-refractivity contribution in [2.45, 2.75) is 37.9 Å². The van der Waals surface area contributed by atoms with E-state index in [1.165, 1.54) is 17.0 Å². The number of rotatable bonds is 5. The average molecular weight is 487 g/mol. The fourth-order valence-electron chi connectivity index (χ4n) is 5.13. The Kier molecular flexibility index (Phi) is 7.20. The monoisotopic (exact) mass is 486 g/mol. The Hall–Kier alpha value is -2.56. The molecule has 3 fully saturated rings. The number of anilines is 1. The molecule has 0 radical (unpaired) electrons. The molecule has 11 heteroatoms. The minimum absolute atomic E-state index is 0.0260. The summed E-state index contributed by atoms with van der Waals surface area (Å²) in [6.07, 6.45) is -3.20. The molecule has 0 bridgehead atoms. The number of nitrogens with one attached hydrogen (secondary N) is 1. The van der Waals surface area contributed by atoms with Gasteiger partial charge in [0.2, 0.25) is 5.91 Å². The zero-order valence-corrected chi connectivity index (χ0v) is 19.0. The summed E-state index contributed by atoms with van der Waals surface area (Å²) >= 11 is 0. The summed E-state index contributed by atoms with van der Waals surface area (Å²) in [6.45, 7) is 3.16. The van der Waals surface area contributed by atoms with E-state index in [2.05, 4.69) is 19.9 Å². The molecule has 0 aliphatic carbocycles. The van der Waals surface area contributed by atoms with Crippen LogP contribution in [-0.4, -0.2) is 86.4 Å². The lowest BCUT2D eigenvalue weighted by molar-refractivity contribution is -0.162. The SMILES string of the molecule is O=C(OCC(F)(F)F)N1CCC2(CC1)C[C@H](CCN1CCN(c3ccc(F)cc3)CC1)NC2=O. The second-order valence-corrected chi connectivity index (χ2v) is 9.41. The Labute approximate surface area is 196 Å². The second-order valence-electron chi connectivity index (χ2n) is 9.41. The van der Waals surface area contributed by atoms with Crippen LogP contribution >= 0.6 is 0 Å². The molecule has 2 amide bonds. The maximum Gasteiger partial charge on any atom is 0.422 e. The van der Waals surface area contributed by atoms with Gasteiger partial charge in [0.15, 0.2) is 6.61 Å². The molecule has 34 heavy (non-hydrogen) atoms. The third kappa shape index (κ3) is 5.92. The van der Waals surface area contributed by atoms with Crippen LogP contribution in [0.4, 0.5) is 28.0 Å². The molecule has 3 heterocycles. The predicted molar refractivity (Wildman–Crippen MR) is 117 cm³/mol. The van der Waals surface area contributed by atoms with Crippen LogP contribution in [-0.2, 0) is 9.53 Å². The Morgan fingerprint density at radius 3 is 2.32 bits per heavy atom. The summed E-state index contributed by atoms with van der Waals surface area (Å²) in [6, 6.07) is 6.57. The average Bonchev–Trinajstić information content (AvgIpc) is 3.11. The molecule has 0 saturated carbocycles. The first-order chi connectivity index (χ1) is 16.1. The number of halogens is 4. The highest BCUT2D eigenvalue weighted by Crippen LogP contribution is 2.41. The molecule has 3 saturated heterocycles. The summed E-state index contributed by atoms with van der Waals surface area (Å²) in [5, 5.41) is 3.09. The van der Waals surface area contributed by atoms with Gasteiger partial charge in [-0.15, -0.1) is 0 Å². The van der Waals surface area contributed by atoms with Gasteiger partial charge in [0.1, 0.15) is 5.82 Å². The Balaban J connectivity index is 1.19. The third-order valence-corrected chi connectivity index (χ3v) is 7.15. The van der Waals surface area contributed by atoms with Crippen molar-refractivity contribution in [3.8, 4) is 0 Å². The molecule has 188 valence electrons. The molecule has 1 aromatic carbocycles. The third-order valence-electron chi connectivity index (χ3n) is 7.15. The zero-order valence-electron chi connectivity index (χ0n) is 19.0. The van der Waals surface area contributed by atoms with Crippen molar-refractivity contribution in [1.82, 2.24) is 15.1 Å².